The molecule has 1 aromatic carbocycles. The molecule has 2 aliphatic rings. The van der Waals surface area contributed by atoms with E-state index < -0.39 is 0 Å². The van der Waals surface area contributed by atoms with Crippen LogP contribution in [-0.4, -0.2) is 46.3 Å². The third kappa shape index (κ3) is 3.63. The Bertz CT molecular complexity index is 816. The molecule has 0 aliphatic carbocycles. The van der Waals surface area contributed by atoms with Crippen molar-refractivity contribution >= 4 is 5.91 Å². The van der Waals surface area contributed by atoms with Gasteiger partial charge in [-0.15, -0.1) is 0 Å². The second-order valence-corrected chi connectivity index (χ2v) is 7.72. The largest absolute Gasteiger partial charge is 0.352 e. The van der Waals surface area contributed by atoms with E-state index in [2.05, 4.69) is 15.3 Å². The number of nitrogens with zero attached hydrogens (tertiary/aromatic N) is 3. The van der Waals surface area contributed by atoms with Gasteiger partial charge in [-0.25, -0.2) is 9.07 Å². The number of fused-ring (bicyclic) bond motifs is 1. The highest BCUT2D eigenvalue weighted by molar-refractivity contribution is 5.95. The third-order valence-corrected chi connectivity index (χ3v) is 6.09. The van der Waals surface area contributed by atoms with E-state index in [1.54, 1.807) is 25.1 Å². The summed E-state index contributed by atoms with van der Waals surface area (Å²) >= 11 is 0. The van der Waals surface area contributed by atoms with Crippen LogP contribution in [-0.2, 0) is 0 Å². The maximum absolute atomic E-state index is 14.0. The molecule has 1 amide bonds. The van der Waals surface area contributed by atoms with Crippen LogP contribution in [0.5, 0.6) is 0 Å². The number of nitrogens with one attached hydrogen (secondary N) is 1. The van der Waals surface area contributed by atoms with Gasteiger partial charge in [-0.2, -0.15) is 5.10 Å². The third-order valence-electron chi connectivity index (χ3n) is 6.09. The summed E-state index contributed by atoms with van der Waals surface area (Å²) in [6.45, 7) is 4.90. The fourth-order valence-corrected chi connectivity index (χ4v) is 4.63. The van der Waals surface area contributed by atoms with Gasteiger partial charge in [0.1, 0.15) is 11.5 Å². The number of para-hydroxylation sites is 1. The number of hydrogen-bond acceptors (Lipinski definition) is 3. The van der Waals surface area contributed by atoms with E-state index in [1.807, 2.05) is 0 Å². The summed E-state index contributed by atoms with van der Waals surface area (Å²) in [5, 5.41) is 7.35. The second kappa shape index (κ2) is 7.80. The molecule has 2 fully saturated rings. The lowest BCUT2D eigenvalue weighted by Gasteiger charge is -2.44. The molecule has 0 saturated carbocycles. The average molecular weight is 370 g/mol. The van der Waals surface area contributed by atoms with Gasteiger partial charge in [-0.3, -0.25) is 4.79 Å². The Morgan fingerprint density at radius 3 is 2.89 bits per heavy atom. The van der Waals surface area contributed by atoms with Crippen molar-refractivity contribution in [3.8, 4) is 5.69 Å². The molecular weight excluding hydrogens is 343 g/mol. The van der Waals surface area contributed by atoms with Crippen LogP contribution in [0.2, 0.25) is 0 Å². The Morgan fingerprint density at radius 2 is 2.04 bits per heavy atom. The fraction of sp³-hybridized carbons (Fsp3) is 0.524. The second-order valence-electron chi connectivity index (χ2n) is 7.72. The maximum Gasteiger partial charge on any atom is 0.254 e. The number of rotatable bonds is 4. The van der Waals surface area contributed by atoms with E-state index in [1.165, 1.54) is 62.1 Å². The highest BCUT2D eigenvalue weighted by Gasteiger charge is 2.33. The Kier molecular flexibility index (Phi) is 5.25. The summed E-state index contributed by atoms with van der Waals surface area (Å²) in [5.41, 5.74) is 1.52. The Balaban J connectivity index is 1.44. The molecule has 0 spiro atoms. The van der Waals surface area contributed by atoms with Crippen LogP contribution in [0.25, 0.3) is 5.69 Å². The van der Waals surface area contributed by atoms with Crippen molar-refractivity contribution in [2.45, 2.75) is 45.1 Å². The molecule has 2 atom stereocenters. The van der Waals surface area contributed by atoms with Crippen molar-refractivity contribution in [3.63, 3.8) is 0 Å². The van der Waals surface area contributed by atoms with Crippen LogP contribution in [0.15, 0.2) is 30.5 Å². The van der Waals surface area contributed by atoms with Crippen molar-refractivity contribution < 1.29 is 9.18 Å². The smallest absolute Gasteiger partial charge is 0.254 e. The minimum Gasteiger partial charge on any atom is -0.352 e. The molecule has 2 saturated heterocycles. The van der Waals surface area contributed by atoms with Crippen LogP contribution >= 0.6 is 0 Å². The number of piperidine rings is 2. The summed E-state index contributed by atoms with van der Waals surface area (Å²) < 4.78 is 15.5. The molecule has 3 heterocycles. The van der Waals surface area contributed by atoms with Gasteiger partial charge in [0, 0.05) is 12.6 Å². The van der Waals surface area contributed by atoms with Crippen LogP contribution in [0.3, 0.4) is 0 Å². The van der Waals surface area contributed by atoms with Crippen molar-refractivity contribution in [3.05, 3.63) is 47.5 Å². The fourth-order valence-electron chi connectivity index (χ4n) is 4.63. The predicted molar refractivity (Wildman–Crippen MR) is 103 cm³/mol. The summed E-state index contributed by atoms with van der Waals surface area (Å²) in [5.74, 6) is 0.0446. The first-order chi connectivity index (χ1) is 13.1. The molecule has 2 aromatic rings. The van der Waals surface area contributed by atoms with Gasteiger partial charge in [0.15, 0.2) is 0 Å². The lowest BCUT2D eigenvalue weighted by atomic mass is 9.83. The molecule has 0 unspecified atom stereocenters. The van der Waals surface area contributed by atoms with Gasteiger partial charge in [0.05, 0.1) is 17.5 Å². The highest BCUT2D eigenvalue weighted by atomic mass is 19.1. The van der Waals surface area contributed by atoms with Gasteiger partial charge in [-0.05, 0) is 63.7 Å². The van der Waals surface area contributed by atoms with E-state index in [4.69, 9.17) is 0 Å². The zero-order chi connectivity index (χ0) is 18.8. The number of carbonyl (C=O) groups excluding carboxylic acids is 1. The van der Waals surface area contributed by atoms with E-state index in [9.17, 15) is 9.18 Å². The summed E-state index contributed by atoms with van der Waals surface area (Å²) in [7, 11) is 0. The van der Waals surface area contributed by atoms with E-state index >= 15 is 0 Å². The quantitative estimate of drug-likeness (QED) is 0.898. The molecule has 4 rings (SSSR count). The Labute approximate surface area is 159 Å². The van der Waals surface area contributed by atoms with Crippen LogP contribution in [0.1, 0.15) is 48.2 Å². The average Bonchev–Trinajstić information content (AvgIpc) is 3.08. The summed E-state index contributed by atoms with van der Waals surface area (Å²) in [6.07, 6.45) is 7.75. The molecule has 5 nitrogen and oxygen atoms in total. The zero-order valence-corrected chi connectivity index (χ0v) is 15.8. The number of halogens is 1. The lowest BCUT2D eigenvalue weighted by molar-refractivity contribution is 0.0575. The normalized spacial score (nSPS) is 23.0. The van der Waals surface area contributed by atoms with Crippen molar-refractivity contribution in [1.29, 1.82) is 0 Å². The molecule has 1 N–H and O–H groups in total. The first-order valence-corrected chi connectivity index (χ1v) is 9.97. The van der Waals surface area contributed by atoms with E-state index in [0.29, 0.717) is 35.4 Å². The van der Waals surface area contributed by atoms with E-state index in [-0.39, 0.29) is 11.7 Å². The standard InChI is InChI=1S/C21H27FN4O/c1-15-17(14-24-26(15)20-10-3-2-8-18(20)22)21(27)23-13-16-7-6-12-25-11-5-4-9-19(16)25/h2-3,8,10,14,16,19H,4-7,9,11-13H2,1H3,(H,23,27)/t16-,19+/m1/s1. The molecule has 144 valence electrons. The molecule has 27 heavy (non-hydrogen) atoms. The van der Waals surface area contributed by atoms with Gasteiger partial charge in [0.25, 0.3) is 5.91 Å². The molecule has 6 heteroatoms. The van der Waals surface area contributed by atoms with Gasteiger partial charge in [0.2, 0.25) is 0 Å². The maximum atomic E-state index is 14.0. The minimum atomic E-state index is -0.352. The van der Waals surface area contributed by atoms with Gasteiger partial charge < -0.3 is 10.2 Å². The summed E-state index contributed by atoms with van der Waals surface area (Å²) in [4.78, 5) is 15.3. The molecule has 0 radical (unpaired) electrons. The molecule has 1 aromatic heterocycles. The van der Waals surface area contributed by atoms with Crippen molar-refractivity contribution in [2.24, 2.45) is 5.92 Å². The van der Waals surface area contributed by atoms with Crippen LogP contribution < -0.4 is 5.32 Å². The number of carbonyl (C=O) groups is 1. The molecule has 0 bridgehead atoms. The topological polar surface area (TPSA) is 50.2 Å². The molecule has 2 aliphatic heterocycles. The zero-order valence-electron chi connectivity index (χ0n) is 15.8. The minimum absolute atomic E-state index is 0.122. The van der Waals surface area contributed by atoms with Crippen molar-refractivity contribution in [1.82, 2.24) is 20.0 Å². The highest BCUT2D eigenvalue weighted by Crippen LogP contribution is 2.30. The van der Waals surface area contributed by atoms with Crippen molar-refractivity contribution in [2.75, 3.05) is 19.6 Å². The number of hydrogen-bond donors (Lipinski definition) is 1. The number of benzene rings is 1. The molecular formula is C21H27FN4O. The first-order valence-electron chi connectivity index (χ1n) is 9.97. The van der Waals surface area contributed by atoms with Crippen LogP contribution in [0, 0.1) is 18.7 Å². The SMILES string of the molecule is Cc1c(C(=O)NC[C@H]2CCCN3CCCC[C@@H]23)cnn1-c1ccccc1F. The van der Waals surface area contributed by atoms with Gasteiger partial charge >= 0.3 is 0 Å². The monoisotopic (exact) mass is 370 g/mol. The lowest BCUT2D eigenvalue weighted by Crippen LogP contribution is -2.51. The summed E-state index contributed by atoms with van der Waals surface area (Å²) in [6, 6.07) is 7.07. The van der Waals surface area contributed by atoms with E-state index in [0.717, 1.165) is 0 Å². The van der Waals surface area contributed by atoms with Crippen LogP contribution in [0.4, 0.5) is 4.39 Å². The first kappa shape index (κ1) is 18.2. The Morgan fingerprint density at radius 1 is 1.22 bits per heavy atom. The number of aromatic nitrogens is 2. The van der Waals surface area contributed by atoms with Gasteiger partial charge in [-0.1, -0.05) is 18.6 Å². The number of amides is 1. The predicted octanol–water partition coefficient (Wildman–Crippen LogP) is 3.31. The Hall–Kier alpha value is -2.21.